The number of hydrogen-bond acceptors (Lipinski definition) is 2. The normalized spacial score (nSPS) is 30.2. The van der Waals surface area contributed by atoms with E-state index in [4.69, 9.17) is 21.1 Å². The molecule has 1 aromatic carbocycles. The molecule has 1 aliphatic heterocycles. The highest BCUT2D eigenvalue weighted by Crippen LogP contribution is 2.49. The van der Waals surface area contributed by atoms with Crippen molar-refractivity contribution in [2.75, 3.05) is 0 Å². The third-order valence-electron chi connectivity index (χ3n) is 4.38. The van der Waals surface area contributed by atoms with Crippen molar-refractivity contribution in [2.24, 2.45) is 5.41 Å². The Kier molecular flexibility index (Phi) is 2.79. The fraction of sp³-hybridized carbons (Fsp3) is 0.625. The molecule has 1 heterocycles. The van der Waals surface area contributed by atoms with Crippen LogP contribution in [0.25, 0.3) is 0 Å². The highest BCUT2D eigenvalue weighted by molar-refractivity contribution is 6.21. The second-order valence-corrected chi connectivity index (χ2v) is 7.44. The van der Waals surface area contributed by atoms with E-state index in [9.17, 15) is 0 Å². The largest absolute Gasteiger partial charge is 0.486 e. The molecule has 19 heavy (non-hydrogen) atoms. The number of ether oxygens (including phenoxy) is 2. The molecule has 1 aromatic rings. The molecule has 3 rings (SSSR count). The lowest BCUT2D eigenvalue weighted by Crippen LogP contribution is -2.53. The Morgan fingerprint density at radius 2 is 2.00 bits per heavy atom. The minimum Gasteiger partial charge on any atom is -0.486 e. The molecule has 0 radical (unpaired) electrons. The lowest BCUT2D eigenvalue weighted by atomic mass is 9.68. The molecule has 0 saturated heterocycles. The summed E-state index contributed by atoms with van der Waals surface area (Å²) in [7, 11) is 0. The Morgan fingerprint density at radius 3 is 2.63 bits per heavy atom. The van der Waals surface area contributed by atoms with Gasteiger partial charge in [0.2, 0.25) is 0 Å². The summed E-state index contributed by atoms with van der Waals surface area (Å²) in [6, 6.07) is 6.16. The van der Waals surface area contributed by atoms with Crippen LogP contribution in [0, 0.1) is 5.41 Å². The summed E-state index contributed by atoms with van der Waals surface area (Å²) in [6.45, 7) is 8.54. The van der Waals surface area contributed by atoms with E-state index in [1.807, 2.05) is 12.1 Å². The van der Waals surface area contributed by atoms with E-state index in [0.717, 1.165) is 24.3 Å². The molecule has 0 aromatic heterocycles. The summed E-state index contributed by atoms with van der Waals surface area (Å²) >= 11 is 6.25. The number of hydrogen-bond donors (Lipinski definition) is 0. The van der Waals surface area contributed by atoms with Gasteiger partial charge in [-0.05, 0) is 19.9 Å². The van der Waals surface area contributed by atoms with Crippen molar-refractivity contribution in [1.29, 1.82) is 0 Å². The SMILES string of the molecule is CC1(C)Cc2cccc(OC3CC(Cl)C3(C)C)c2O1. The second-order valence-electron chi connectivity index (χ2n) is 6.91. The van der Waals surface area contributed by atoms with Gasteiger partial charge < -0.3 is 9.47 Å². The first-order valence-corrected chi connectivity index (χ1v) is 7.35. The van der Waals surface area contributed by atoms with Gasteiger partial charge in [-0.3, -0.25) is 0 Å². The van der Waals surface area contributed by atoms with Crippen molar-refractivity contribution in [3.8, 4) is 11.5 Å². The van der Waals surface area contributed by atoms with Gasteiger partial charge in [-0.1, -0.05) is 26.0 Å². The molecule has 0 bridgehead atoms. The van der Waals surface area contributed by atoms with E-state index in [2.05, 4.69) is 33.8 Å². The summed E-state index contributed by atoms with van der Waals surface area (Å²) in [6.07, 6.45) is 2.02. The van der Waals surface area contributed by atoms with Crippen LogP contribution in [-0.2, 0) is 6.42 Å². The topological polar surface area (TPSA) is 18.5 Å². The first-order chi connectivity index (χ1) is 8.79. The van der Waals surface area contributed by atoms with Crippen LogP contribution in [0.1, 0.15) is 39.7 Å². The van der Waals surface area contributed by atoms with Crippen LogP contribution in [0.2, 0.25) is 0 Å². The predicted octanol–water partition coefficient (Wildman–Crippen LogP) is 4.18. The molecule has 2 atom stereocenters. The minimum atomic E-state index is -0.133. The zero-order chi connectivity index (χ0) is 13.8. The third-order valence-corrected chi connectivity index (χ3v) is 5.12. The van der Waals surface area contributed by atoms with Gasteiger partial charge in [0.15, 0.2) is 11.5 Å². The fourth-order valence-electron chi connectivity index (χ4n) is 2.87. The first-order valence-electron chi connectivity index (χ1n) is 6.91. The molecule has 2 unspecified atom stereocenters. The van der Waals surface area contributed by atoms with Gasteiger partial charge in [-0.15, -0.1) is 11.6 Å². The van der Waals surface area contributed by atoms with Crippen molar-refractivity contribution < 1.29 is 9.47 Å². The van der Waals surface area contributed by atoms with Crippen LogP contribution < -0.4 is 9.47 Å². The monoisotopic (exact) mass is 280 g/mol. The highest BCUT2D eigenvalue weighted by atomic mass is 35.5. The average Bonchev–Trinajstić information content (AvgIpc) is 2.63. The molecule has 0 amide bonds. The molecule has 1 fully saturated rings. The van der Waals surface area contributed by atoms with Gasteiger partial charge in [0.1, 0.15) is 11.7 Å². The highest BCUT2D eigenvalue weighted by Gasteiger charge is 2.49. The van der Waals surface area contributed by atoms with E-state index >= 15 is 0 Å². The fourth-order valence-corrected chi connectivity index (χ4v) is 3.17. The predicted molar refractivity (Wildman–Crippen MR) is 77.3 cm³/mol. The number of rotatable bonds is 2. The molecule has 104 valence electrons. The average molecular weight is 281 g/mol. The van der Waals surface area contributed by atoms with Crippen molar-refractivity contribution in [3.05, 3.63) is 23.8 Å². The maximum absolute atomic E-state index is 6.25. The number of halogens is 1. The van der Waals surface area contributed by atoms with Crippen LogP contribution in [0.4, 0.5) is 0 Å². The van der Waals surface area contributed by atoms with E-state index in [-0.39, 0.29) is 22.5 Å². The van der Waals surface area contributed by atoms with Gasteiger partial charge in [-0.2, -0.15) is 0 Å². The molecule has 0 spiro atoms. The Hall–Kier alpha value is -0.890. The summed E-state index contributed by atoms with van der Waals surface area (Å²) in [5.74, 6) is 1.78. The van der Waals surface area contributed by atoms with Crippen molar-refractivity contribution >= 4 is 11.6 Å². The van der Waals surface area contributed by atoms with Crippen LogP contribution in [-0.4, -0.2) is 17.1 Å². The molecule has 1 saturated carbocycles. The maximum atomic E-state index is 6.25. The number of fused-ring (bicyclic) bond motifs is 1. The second kappa shape index (κ2) is 4.05. The zero-order valence-corrected chi connectivity index (χ0v) is 12.8. The van der Waals surface area contributed by atoms with E-state index in [1.165, 1.54) is 5.56 Å². The minimum absolute atomic E-state index is 0.0262. The molecule has 2 nitrogen and oxygen atoms in total. The number of benzene rings is 1. The molecule has 1 aliphatic carbocycles. The van der Waals surface area contributed by atoms with Gasteiger partial charge in [0.05, 0.1) is 0 Å². The molecule has 2 aliphatic rings. The first kappa shape index (κ1) is 13.1. The summed E-state index contributed by atoms with van der Waals surface area (Å²) < 4.78 is 12.2. The van der Waals surface area contributed by atoms with Crippen molar-refractivity contribution in [1.82, 2.24) is 0 Å². The summed E-state index contributed by atoms with van der Waals surface area (Å²) in [5, 5.41) is 0.201. The Labute approximate surface area is 120 Å². The van der Waals surface area contributed by atoms with E-state index < -0.39 is 0 Å². The van der Waals surface area contributed by atoms with Crippen LogP contribution in [0.5, 0.6) is 11.5 Å². The lowest BCUT2D eigenvalue weighted by molar-refractivity contribution is -0.0158. The van der Waals surface area contributed by atoms with Crippen molar-refractivity contribution in [2.45, 2.75) is 57.6 Å². The van der Waals surface area contributed by atoms with E-state index in [1.54, 1.807) is 0 Å². The molecular weight excluding hydrogens is 260 g/mol. The summed E-state index contributed by atoms with van der Waals surface area (Å²) in [4.78, 5) is 0. The lowest BCUT2D eigenvalue weighted by Gasteiger charge is -2.48. The Morgan fingerprint density at radius 1 is 1.26 bits per heavy atom. The third kappa shape index (κ3) is 2.10. The van der Waals surface area contributed by atoms with Crippen LogP contribution >= 0.6 is 11.6 Å². The number of alkyl halides is 1. The van der Waals surface area contributed by atoms with Gasteiger partial charge in [0, 0.05) is 29.2 Å². The molecular formula is C16H21ClO2. The Bertz CT molecular complexity index is 507. The van der Waals surface area contributed by atoms with E-state index in [0.29, 0.717) is 0 Å². The quantitative estimate of drug-likeness (QED) is 0.757. The molecule has 0 N–H and O–H groups in total. The van der Waals surface area contributed by atoms with Crippen molar-refractivity contribution in [3.63, 3.8) is 0 Å². The smallest absolute Gasteiger partial charge is 0.165 e. The van der Waals surface area contributed by atoms with Gasteiger partial charge >= 0.3 is 0 Å². The van der Waals surface area contributed by atoms with Gasteiger partial charge in [-0.25, -0.2) is 0 Å². The zero-order valence-electron chi connectivity index (χ0n) is 12.0. The van der Waals surface area contributed by atoms with Crippen LogP contribution in [0.15, 0.2) is 18.2 Å². The summed E-state index contributed by atoms with van der Waals surface area (Å²) in [5.41, 5.74) is 1.13. The van der Waals surface area contributed by atoms with Gasteiger partial charge in [0.25, 0.3) is 0 Å². The maximum Gasteiger partial charge on any atom is 0.165 e. The van der Waals surface area contributed by atoms with Crippen LogP contribution in [0.3, 0.4) is 0 Å². The standard InChI is InChI=1S/C16H21ClO2/c1-15(2)9-10-6-5-7-11(14(10)19-15)18-13-8-12(17)16(13,3)4/h5-7,12-13H,8-9H2,1-4H3. The number of para-hydroxylation sites is 1. The Balaban J connectivity index is 1.83. The molecule has 3 heteroatoms.